The number of hydrogen-bond donors (Lipinski definition) is 3. The van der Waals surface area contributed by atoms with Crippen molar-refractivity contribution in [2.45, 2.75) is 32.4 Å². The molecule has 4 amide bonds. The topological polar surface area (TPSA) is 99.8 Å². The van der Waals surface area contributed by atoms with E-state index in [-0.39, 0.29) is 23.9 Å². The van der Waals surface area contributed by atoms with E-state index >= 15 is 0 Å². The van der Waals surface area contributed by atoms with E-state index in [9.17, 15) is 14.4 Å². The van der Waals surface area contributed by atoms with E-state index in [4.69, 9.17) is 0 Å². The summed E-state index contributed by atoms with van der Waals surface area (Å²) in [6.45, 7) is 4.71. The number of rotatable bonds is 4. The van der Waals surface area contributed by atoms with Gasteiger partial charge in [-0.15, -0.1) is 0 Å². The molecular formula is C13H24N4O4. The summed E-state index contributed by atoms with van der Waals surface area (Å²) in [5, 5.41) is 7.82. The van der Waals surface area contributed by atoms with Crippen molar-refractivity contribution >= 4 is 18.0 Å². The van der Waals surface area contributed by atoms with Gasteiger partial charge in [-0.05, 0) is 12.3 Å². The number of urea groups is 1. The van der Waals surface area contributed by atoms with Gasteiger partial charge in [-0.2, -0.15) is 0 Å². The monoisotopic (exact) mass is 300 g/mol. The van der Waals surface area contributed by atoms with Gasteiger partial charge in [-0.25, -0.2) is 9.59 Å². The van der Waals surface area contributed by atoms with Gasteiger partial charge >= 0.3 is 12.1 Å². The Bertz CT molecular complexity index is 400. The maximum Gasteiger partial charge on any atom is 0.407 e. The van der Waals surface area contributed by atoms with Crippen molar-refractivity contribution < 1.29 is 19.1 Å². The van der Waals surface area contributed by atoms with Crippen LogP contribution in [0.2, 0.25) is 0 Å². The number of likely N-dealkylation sites (tertiary alicyclic amines) is 1. The largest absolute Gasteiger partial charge is 0.453 e. The fraction of sp³-hybridized carbons (Fsp3) is 0.769. The first-order chi connectivity index (χ1) is 9.88. The van der Waals surface area contributed by atoms with Crippen LogP contribution in [-0.2, 0) is 9.53 Å². The summed E-state index contributed by atoms with van der Waals surface area (Å²) in [5.74, 6) is -0.209. The Balaban J connectivity index is 2.60. The molecule has 0 unspecified atom stereocenters. The average molecular weight is 300 g/mol. The highest BCUT2D eigenvalue weighted by Crippen LogP contribution is 2.14. The summed E-state index contributed by atoms with van der Waals surface area (Å²) in [7, 11) is 2.80. The molecule has 1 fully saturated rings. The Morgan fingerprint density at radius 3 is 2.48 bits per heavy atom. The molecule has 1 saturated heterocycles. The van der Waals surface area contributed by atoms with Crippen LogP contribution in [0.15, 0.2) is 0 Å². The van der Waals surface area contributed by atoms with E-state index in [0.717, 1.165) is 0 Å². The van der Waals surface area contributed by atoms with E-state index in [1.807, 2.05) is 13.8 Å². The van der Waals surface area contributed by atoms with Gasteiger partial charge in [0, 0.05) is 26.2 Å². The third-order valence-electron chi connectivity index (χ3n) is 3.45. The Hall–Kier alpha value is -1.99. The Kier molecular flexibility index (Phi) is 6.26. The van der Waals surface area contributed by atoms with E-state index in [2.05, 4.69) is 20.7 Å². The van der Waals surface area contributed by atoms with Crippen molar-refractivity contribution in [2.24, 2.45) is 5.92 Å². The van der Waals surface area contributed by atoms with Crippen LogP contribution in [0.5, 0.6) is 0 Å². The van der Waals surface area contributed by atoms with E-state index in [1.54, 1.807) is 11.9 Å². The highest BCUT2D eigenvalue weighted by atomic mass is 16.5. The van der Waals surface area contributed by atoms with Gasteiger partial charge < -0.3 is 25.6 Å². The molecule has 0 aromatic heterocycles. The van der Waals surface area contributed by atoms with E-state index < -0.39 is 12.1 Å². The molecule has 0 aliphatic carbocycles. The molecule has 0 aromatic rings. The highest BCUT2D eigenvalue weighted by molar-refractivity contribution is 5.86. The molecule has 0 aromatic carbocycles. The fourth-order valence-corrected chi connectivity index (χ4v) is 2.23. The van der Waals surface area contributed by atoms with Crippen LogP contribution in [0.4, 0.5) is 9.59 Å². The molecule has 1 rings (SSSR count). The average Bonchev–Trinajstić information content (AvgIpc) is 2.91. The molecule has 0 saturated carbocycles. The van der Waals surface area contributed by atoms with E-state index in [1.165, 1.54) is 7.11 Å². The van der Waals surface area contributed by atoms with Crippen molar-refractivity contribution in [3.05, 3.63) is 0 Å². The molecule has 2 atom stereocenters. The number of ether oxygens (including phenoxy) is 1. The number of alkyl carbamates (subject to hydrolysis) is 1. The number of hydrogen-bond acceptors (Lipinski definition) is 4. The van der Waals surface area contributed by atoms with Crippen LogP contribution in [0.25, 0.3) is 0 Å². The van der Waals surface area contributed by atoms with Crippen molar-refractivity contribution in [2.75, 3.05) is 27.2 Å². The van der Waals surface area contributed by atoms with Crippen molar-refractivity contribution in [1.82, 2.24) is 20.9 Å². The summed E-state index contributed by atoms with van der Waals surface area (Å²) >= 11 is 0. The van der Waals surface area contributed by atoms with Gasteiger partial charge in [0.25, 0.3) is 0 Å². The third-order valence-corrected chi connectivity index (χ3v) is 3.45. The smallest absolute Gasteiger partial charge is 0.407 e. The molecule has 8 nitrogen and oxygen atoms in total. The van der Waals surface area contributed by atoms with Crippen LogP contribution in [0, 0.1) is 5.92 Å². The number of amides is 4. The molecule has 0 bridgehead atoms. The minimum absolute atomic E-state index is 0.0532. The lowest BCUT2D eigenvalue weighted by molar-refractivity contribution is -0.133. The quantitative estimate of drug-likeness (QED) is 0.675. The van der Waals surface area contributed by atoms with Gasteiger partial charge in [0.15, 0.2) is 0 Å². The second kappa shape index (κ2) is 7.70. The minimum atomic E-state index is -0.629. The number of methoxy groups -OCH3 is 1. The molecule has 0 radical (unpaired) electrons. The van der Waals surface area contributed by atoms with Crippen LogP contribution in [0.1, 0.15) is 20.3 Å². The third kappa shape index (κ3) is 4.80. The molecule has 120 valence electrons. The first kappa shape index (κ1) is 17.1. The Labute approximate surface area is 124 Å². The number of carbonyl (C=O) groups is 3. The van der Waals surface area contributed by atoms with Crippen molar-refractivity contribution in [3.63, 3.8) is 0 Å². The summed E-state index contributed by atoms with van der Waals surface area (Å²) in [4.78, 5) is 36.7. The number of carbonyl (C=O) groups excluding carboxylic acids is 3. The van der Waals surface area contributed by atoms with Crippen molar-refractivity contribution in [1.29, 1.82) is 0 Å². The predicted octanol–water partition coefficient (Wildman–Crippen LogP) is -0.103. The summed E-state index contributed by atoms with van der Waals surface area (Å²) in [6, 6.07) is -0.960. The summed E-state index contributed by atoms with van der Waals surface area (Å²) < 4.78 is 4.55. The zero-order valence-corrected chi connectivity index (χ0v) is 12.9. The zero-order chi connectivity index (χ0) is 16.0. The summed E-state index contributed by atoms with van der Waals surface area (Å²) in [5.41, 5.74) is 0. The second-order valence-corrected chi connectivity index (χ2v) is 5.35. The standard InChI is InChI=1S/C13H24N4O4/c1-8(2)10(16-13(20)21-4)11(18)17-6-5-9(7-17)15-12(19)14-3/h8-10H,5-7H2,1-4H3,(H,16,20)(H2,14,15,19)/t9-,10-/m0/s1. The normalized spacial score (nSPS) is 19.1. The second-order valence-electron chi connectivity index (χ2n) is 5.35. The molecule has 3 N–H and O–H groups in total. The SMILES string of the molecule is CNC(=O)N[C@H]1CCN(C(=O)[C@@H](NC(=O)OC)C(C)C)C1. The lowest BCUT2D eigenvalue weighted by Crippen LogP contribution is -2.51. The van der Waals surface area contributed by atoms with Gasteiger partial charge in [-0.1, -0.05) is 13.8 Å². The molecule has 1 aliphatic heterocycles. The predicted molar refractivity (Wildman–Crippen MR) is 76.7 cm³/mol. The first-order valence-electron chi connectivity index (χ1n) is 7.00. The van der Waals surface area contributed by atoms with Crippen molar-refractivity contribution in [3.8, 4) is 0 Å². The lowest BCUT2D eigenvalue weighted by Gasteiger charge is -2.26. The zero-order valence-electron chi connectivity index (χ0n) is 12.9. The number of nitrogens with one attached hydrogen (secondary N) is 3. The van der Waals surface area contributed by atoms with Crippen LogP contribution in [-0.4, -0.2) is 62.3 Å². The summed E-state index contributed by atoms with van der Waals surface area (Å²) in [6.07, 6.45) is 0.0728. The van der Waals surface area contributed by atoms with Gasteiger partial charge in [-0.3, -0.25) is 4.79 Å². The van der Waals surface area contributed by atoms with Gasteiger partial charge in [0.1, 0.15) is 6.04 Å². The van der Waals surface area contributed by atoms with Gasteiger partial charge in [0.2, 0.25) is 5.91 Å². The molecule has 0 spiro atoms. The maximum absolute atomic E-state index is 12.5. The minimum Gasteiger partial charge on any atom is -0.453 e. The molecule has 21 heavy (non-hydrogen) atoms. The maximum atomic E-state index is 12.5. The van der Waals surface area contributed by atoms with E-state index in [0.29, 0.717) is 19.5 Å². The fourth-order valence-electron chi connectivity index (χ4n) is 2.23. The van der Waals surface area contributed by atoms with Crippen LogP contribution < -0.4 is 16.0 Å². The van der Waals surface area contributed by atoms with Crippen LogP contribution in [0.3, 0.4) is 0 Å². The Morgan fingerprint density at radius 1 is 1.29 bits per heavy atom. The van der Waals surface area contributed by atoms with Crippen LogP contribution >= 0.6 is 0 Å². The highest BCUT2D eigenvalue weighted by Gasteiger charge is 2.33. The molecule has 1 heterocycles. The number of nitrogens with zero attached hydrogens (tertiary/aromatic N) is 1. The lowest BCUT2D eigenvalue weighted by atomic mass is 10.0. The molecular weight excluding hydrogens is 276 g/mol. The van der Waals surface area contributed by atoms with Gasteiger partial charge in [0.05, 0.1) is 7.11 Å². The Morgan fingerprint density at radius 2 is 1.95 bits per heavy atom. The molecule has 1 aliphatic rings. The molecule has 8 heteroatoms. The first-order valence-corrected chi connectivity index (χ1v) is 7.00.